The fourth-order valence-electron chi connectivity index (χ4n) is 1.66. The van der Waals surface area contributed by atoms with E-state index in [0.29, 0.717) is 17.8 Å². The Hall–Kier alpha value is -2.03. The van der Waals surface area contributed by atoms with Gasteiger partial charge >= 0.3 is 0 Å². The van der Waals surface area contributed by atoms with Crippen molar-refractivity contribution < 1.29 is 4.39 Å². The molecule has 0 amide bonds. The molecule has 0 aliphatic rings. The Balaban J connectivity index is 2.12. The molecule has 0 radical (unpaired) electrons. The maximum atomic E-state index is 13.4. The third-order valence-corrected chi connectivity index (χ3v) is 2.64. The van der Waals surface area contributed by atoms with Gasteiger partial charge in [-0.05, 0) is 30.7 Å². The van der Waals surface area contributed by atoms with Gasteiger partial charge in [-0.15, -0.1) is 0 Å². The van der Waals surface area contributed by atoms with Crippen LogP contribution < -0.4 is 11.1 Å². The van der Waals surface area contributed by atoms with Crippen molar-refractivity contribution in [3.8, 4) is 0 Å². The Labute approximate surface area is 100 Å². The molecule has 0 bridgehead atoms. The lowest BCUT2D eigenvalue weighted by Gasteiger charge is -2.10. The second-order valence-electron chi connectivity index (χ2n) is 4.04. The largest absolute Gasteiger partial charge is 0.397 e. The molecular formula is C14H15FN2. The number of aryl methyl sites for hydroxylation is 1. The van der Waals surface area contributed by atoms with Gasteiger partial charge in [0.05, 0.1) is 11.4 Å². The van der Waals surface area contributed by atoms with Gasteiger partial charge in [0.1, 0.15) is 5.82 Å². The van der Waals surface area contributed by atoms with Crippen molar-refractivity contribution in [3.63, 3.8) is 0 Å². The van der Waals surface area contributed by atoms with Gasteiger partial charge in [0.15, 0.2) is 0 Å². The van der Waals surface area contributed by atoms with Crippen molar-refractivity contribution in [2.24, 2.45) is 0 Å². The van der Waals surface area contributed by atoms with E-state index in [1.807, 2.05) is 31.2 Å². The summed E-state index contributed by atoms with van der Waals surface area (Å²) in [6, 6.07) is 12.5. The molecule has 0 unspecified atom stereocenters. The molecule has 17 heavy (non-hydrogen) atoms. The summed E-state index contributed by atoms with van der Waals surface area (Å²) in [7, 11) is 0. The molecule has 0 saturated carbocycles. The van der Waals surface area contributed by atoms with E-state index in [4.69, 9.17) is 5.73 Å². The predicted molar refractivity (Wildman–Crippen MR) is 69.3 cm³/mol. The smallest absolute Gasteiger partial charge is 0.128 e. The zero-order valence-corrected chi connectivity index (χ0v) is 9.70. The van der Waals surface area contributed by atoms with Crippen molar-refractivity contribution >= 4 is 11.4 Å². The number of nitrogens with two attached hydrogens (primary N) is 1. The molecule has 0 aliphatic heterocycles. The van der Waals surface area contributed by atoms with Gasteiger partial charge in [0.25, 0.3) is 0 Å². The minimum atomic E-state index is -0.203. The van der Waals surface area contributed by atoms with Crippen molar-refractivity contribution in [2.75, 3.05) is 11.1 Å². The van der Waals surface area contributed by atoms with Crippen molar-refractivity contribution in [1.82, 2.24) is 0 Å². The molecule has 0 heterocycles. The highest BCUT2D eigenvalue weighted by atomic mass is 19.1. The summed E-state index contributed by atoms with van der Waals surface area (Å²) >= 11 is 0. The number of hydrogen-bond donors (Lipinski definition) is 2. The van der Waals surface area contributed by atoms with Crippen LogP contribution in [-0.4, -0.2) is 0 Å². The Morgan fingerprint density at radius 3 is 2.71 bits per heavy atom. The van der Waals surface area contributed by atoms with Gasteiger partial charge in [0, 0.05) is 12.1 Å². The maximum Gasteiger partial charge on any atom is 0.128 e. The van der Waals surface area contributed by atoms with Gasteiger partial charge < -0.3 is 11.1 Å². The molecule has 88 valence electrons. The van der Waals surface area contributed by atoms with Crippen LogP contribution in [0.4, 0.5) is 15.8 Å². The third kappa shape index (κ3) is 2.75. The van der Waals surface area contributed by atoms with Crippen molar-refractivity contribution in [3.05, 3.63) is 59.4 Å². The topological polar surface area (TPSA) is 38.0 Å². The van der Waals surface area contributed by atoms with Gasteiger partial charge in [-0.25, -0.2) is 4.39 Å². The Morgan fingerprint density at radius 2 is 1.94 bits per heavy atom. The minimum Gasteiger partial charge on any atom is -0.397 e. The number of nitrogens with one attached hydrogen (secondary N) is 1. The fraction of sp³-hybridized carbons (Fsp3) is 0.143. The maximum absolute atomic E-state index is 13.4. The van der Waals surface area contributed by atoms with Gasteiger partial charge in [-0.1, -0.05) is 24.3 Å². The van der Waals surface area contributed by atoms with Crippen LogP contribution >= 0.6 is 0 Å². The van der Waals surface area contributed by atoms with Gasteiger partial charge in [0.2, 0.25) is 0 Å². The summed E-state index contributed by atoms with van der Waals surface area (Å²) in [5.74, 6) is -0.203. The summed E-state index contributed by atoms with van der Waals surface area (Å²) in [6.07, 6.45) is 0. The monoisotopic (exact) mass is 230 g/mol. The average molecular weight is 230 g/mol. The number of anilines is 2. The van der Waals surface area contributed by atoms with E-state index in [-0.39, 0.29) is 5.82 Å². The Bertz CT molecular complexity index is 523. The zero-order chi connectivity index (χ0) is 12.3. The van der Waals surface area contributed by atoms with Crippen LogP contribution in [-0.2, 0) is 6.54 Å². The lowest BCUT2D eigenvalue weighted by atomic mass is 10.1. The van der Waals surface area contributed by atoms with Crippen LogP contribution in [0.1, 0.15) is 11.1 Å². The lowest BCUT2D eigenvalue weighted by Crippen LogP contribution is -2.04. The van der Waals surface area contributed by atoms with E-state index in [9.17, 15) is 4.39 Å². The van der Waals surface area contributed by atoms with E-state index in [0.717, 1.165) is 11.3 Å². The van der Waals surface area contributed by atoms with Crippen LogP contribution in [0.2, 0.25) is 0 Å². The molecule has 2 aromatic rings. The van der Waals surface area contributed by atoms with Crippen LogP contribution in [0.15, 0.2) is 42.5 Å². The highest BCUT2D eigenvalue weighted by molar-refractivity contribution is 5.66. The van der Waals surface area contributed by atoms with E-state index in [1.54, 1.807) is 12.1 Å². The first-order valence-corrected chi connectivity index (χ1v) is 5.50. The summed E-state index contributed by atoms with van der Waals surface area (Å²) in [4.78, 5) is 0. The molecule has 0 spiro atoms. The molecule has 2 rings (SSSR count). The molecule has 2 nitrogen and oxygen atoms in total. The SMILES string of the molecule is Cc1ccc(N)c(NCc2ccccc2F)c1. The van der Waals surface area contributed by atoms with E-state index < -0.39 is 0 Å². The van der Waals surface area contributed by atoms with Crippen molar-refractivity contribution in [1.29, 1.82) is 0 Å². The molecule has 0 atom stereocenters. The molecule has 3 N–H and O–H groups in total. The molecule has 0 fully saturated rings. The van der Waals surface area contributed by atoms with Crippen LogP contribution in [0.5, 0.6) is 0 Å². The second kappa shape index (κ2) is 4.87. The van der Waals surface area contributed by atoms with Crippen LogP contribution in [0.25, 0.3) is 0 Å². The highest BCUT2D eigenvalue weighted by Crippen LogP contribution is 2.20. The first-order valence-electron chi connectivity index (χ1n) is 5.50. The molecule has 3 heteroatoms. The van der Waals surface area contributed by atoms with E-state index in [1.165, 1.54) is 6.07 Å². The molecular weight excluding hydrogens is 215 g/mol. The van der Waals surface area contributed by atoms with E-state index in [2.05, 4.69) is 5.32 Å². The average Bonchev–Trinajstić information content (AvgIpc) is 2.32. The summed E-state index contributed by atoms with van der Waals surface area (Å²) in [5, 5.41) is 3.15. The summed E-state index contributed by atoms with van der Waals surface area (Å²) in [6.45, 7) is 2.42. The fourth-order valence-corrected chi connectivity index (χ4v) is 1.66. The van der Waals surface area contributed by atoms with Gasteiger partial charge in [-0.2, -0.15) is 0 Å². The van der Waals surface area contributed by atoms with Gasteiger partial charge in [-0.3, -0.25) is 0 Å². The molecule has 0 aromatic heterocycles. The molecule has 2 aromatic carbocycles. The molecule has 0 aliphatic carbocycles. The molecule has 0 saturated heterocycles. The van der Waals surface area contributed by atoms with Crippen LogP contribution in [0, 0.1) is 12.7 Å². The summed E-state index contributed by atoms with van der Waals surface area (Å²) < 4.78 is 13.4. The first kappa shape index (κ1) is 11.5. The lowest BCUT2D eigenvalue weighted by molar-refractivity contribution is 0.613. The number of benzene rings is 2. The normalized spacial score (nSPS) is 10.2. The number of hydrogen-bond acceptors (Lipinski definition) is 2. The summed E-state index contributed by atoms with van der Waals surface area (Å²) in [5.41, 5.74) is 9.10. The Kier molecular flexibility index (Phi) is 3.28. The second-order valence-corrected chi connectivity index (χ2v) is 4.04. The first-order chi connectivity index (χ1) is 8.16. The predicted octanol–water partition coefficient (Wildman–Crippen LogP) is 3.33. The number of rotatable bonds is 3. The standard InChI is InChI=1S/C14H15FN2/c1-10-6-7-13(16)14(8-10)17-9-11-4-2-3-5-12(11)15/h2-8,17H,9,16H2,1H3. The Morgan fingerprint density at radius 1 is 1.18 bits per heavy atom. The van der Waals surface area contributed by atoms with E-state index >= 15 is 0 Å². The minimum absolute atomic E-state index is 0.203. The zero-order valence-electron chi connectivity index (χ0n) is 9.70. The quantitative estimate of drug-likeness (QED) is 0.794. The third-order valence-electron chi connectivity index (χ3n) is 2.64. The highest BCUT2D eigenvalue weighted by Gasteiger charge is 2.02. The number of halogens is 1. The number of nitrogen functional groups attached to an aromatic ring is 1. The van der Waals surface area contributed by atoms with Crippen LogP contribution in [0.3, 0.4) is 0 Å². The van der Waals surface area contributed by atoms with Crippen molar-refractivity contribution in [2.45, 2.75) is 13.5 Å².